The Bertz CT molecular complexity index is 440. The highest BCUT2D eigenvalue weighted by atomic mass is 16.5. The van der Waals surface area contributed by atoms with Crippen molar-refractivity contribution in [1.82, 2.24) is 10.6 Å². The minimum absolute atomic E-state index is 0.248. The lowest BCUT2D eigenvalue weighted by Gasteiger charge is -2.24. The van der Waals surface area contributed by atoms with E-state index in [1.807, 2.05) is 0 Å². The second-order valence-electron chi connectivity index (χ2n) is 6.21. The van der Waals surface area contributed by atoms with Gasteiger partial charge >= 0.3 is 0 Å². The molecule has 7 heteroatoms. The fourth-order valence-electron chi connectivity index (χ4n) is 2.34. The number of rotatable bonds is 14. The Morgan fingerprint density at radius 1 is 1.16 bits per heavy atom. The molecule has 0 fully saturated rings. The number of nitrogens with two attached hydrogens (primary N) is 1. The highest BCUT2D eigenvalue weighted by molar-refractivity contribution is 5.93. The molecule has 0 aromatic carbocycles. The summed E-state index contributed by atoms with van der Waals surface area (Å²) in [5.41, 5.74) is 5.31. The van der Waals surface area contributed by atoms with Gasteiger partial charge in [-0.3, -0.25) is 14.4 Å². The predicted molar refractivity (Wildman–Crippen MR) is 97.7 cm³/mol. The van der Waals surface area contributed by atoms with E-state index in [-0.39, 0.29) is 12.5 Å². The summed E-state index contributed by atoms with van der Waals surface area (Å²) in [7, 11) is 1.51. The minimum Gasteiger partial charge on any atom is -0.382 e. The first-order valence-corrected chi connectivity index (χ1v) is 8.87. The molecule has 0 bridgehead atoms. The third-order valence-corrected chi connectivity index (χ3v) is 4.01. The summed E-state index contributed by atoms with van der Waals surface area (Å²) in [5, 5.41) is 5.32. The third-order valence-electron chi connectivity index (χ3n) is 4.01. The van der Waals surface area contributed by atoms with Gasteiger partial charge in [-0.25, -0.2) is 0 Å². The van der Waals surface area contributed by atoms with Crippen LogP contribution >= 0.6 is 0 Å². The second kappa shape index (κ2) is 13.4. The Kier molecular flexibility index (Phi) is 12.4. The van der Waals surface area contributed by atoms with Crippen molar-refractivity contribution in [2.24, 2.45) is 11.7 Å². The quantitative estimate of drug-likeness (QED) is 0.322. The number of ether oxygens (including phenoxy) is 1. The maximum atomic E-state index is 12.4. The van der Waals surface area contributed by atoms with Gasteiger partial charge in [0.15, 0.2) is 0 Å². The Morgan fingerprint density at radius 3 is 2.32 bits per heavy atom. The Morgan fingerprint density at radius 2 is 1.80 bits per heavy atom. The molecule has 144 valence electrons. The molecule has 0 spiro atoms. The molecule has 0 saturated heterocycles. The standard InChI is InChI=1S/C18H33N3O4/c1-5-7-8-9-10-11-15(22)21-16(13(3)17(19)23)18(24)20-14(6-2)12-25-4/h6,13-14,16H,2,5,7-12H2,1,3-4H3,(H2,19,23)(H,20,24)(H,21,22)/t13?,14-,16+/m0/s1. The van der Waals surface area contributed by atoms with Crippen LogP contribution in [0.3, 0.4) is 0 Å². The van der Waals surface area contributed by atoms with Gasteiger partial charge in [-0.05, 0) is 6.42 Å². The molecular formula is C18H33N3O4. The smallest absolute Gasteiger partial charge is 0.243 e. The normalized spacial score (nSPS) is 14.2. The Labute approximate surface area is 150 Å². The highest BCUT2D eigenvalue weighted by Gasteiger charge is 2.31. The fourth-order valence-corrected chi connectivity index (χ4v) is 2.34. The molecule has 0 aromatic rings. The zero-order chi connectivity index (χ0) is 19.2. The van der Waals surface area contributed by atoms with Gasteiger partial charge in [-0.15, -0.1) is 6.58 Å². The van der Waals surface area contributed by atoms with E-state index in [2.05, 4.69) is 24.1 Å². The number of unbranched alkanes of at least 4 members (excludes halogenated alkanes) is 4. The van der Waals surface area contributed by atoms with E-state index in [0.717, 1.165) is 32.1 Å². The topological polar surface area (TPSA) is 111 Å². The number of hydrogen-bond donors (Lipinski definition) is 3. The van der Waals surface area contributed by atoms with Crippen LogP contribution in [0.2, 0.25) is 0 Å². The van der Waals surface area contributed by atoms with Gasteiger partial charge in [0.1, 0.15) is 6.04 Å². The SMILES string of the molecule is C=C[C@@H](COC)NC(=O)[C@H](NC(=O)CCCCCCC)C(C)C(N)=O. The summed E-state index contributed by atoms with van der Waals surface area (Å²) in [6, 6.07) is -1.43. The lowest BCUT2D eigenvalue weighted by atomic mass is 9.99. The molecule has 3 amide bonds. The van der Waals surface area contributed by atoms with Gasteiger partial charge in [0.25, 0.3) is 0 Å². The Hall–Kier alpha value is -1.89. The molecule has 0 aliphatic rings. The molecular weight excluding hydrogens is 322 g/mol. The van der Waals surface area contributed by atoms with Gasteiger partial charge in [-0.2, -0.15) is 0 Å². The molecule has 1 unspecified atom stereocenters. The maximum absolute atomic E-state index is 12.4. The van der Waals surface area contributed by atoms with E-state index in [1.165, 1.54) is 20.1 Å². The van der Waals surface area contributed by atoms with Crippen molar-refractivity contribution in [3.63, 3.8) is 0 Å². The number of methoxy groups -OCH3 is 1. The monoisotopic (exact) mass is 355 g/mol. The van der Waals surface area contributed by atoms with Gasteiger partial charge in [0, 0.05) is 13.5 Å². The molecule has 25 heavy (non-hydrogen) atoms. The van der Waals surface area contributed by atoms with Crippen LogP contribution in [0, 0.1) is 5.92 Å². The zero-order valence-electron chi connectivity index (χ0n) is 15.7. The van der Waals surface area contributed by atoms with Gasteiger partial charge in [-0.1, -0.05) is 45.6 Å². The number of carbonyl (C=O) groups excluding carboxylic acids is 3. The molecule has 0 radical (unpaired) electrons. The number of hydrogen-bond acceptors (Lipinski definition) is 4. The molecule has 0 aliphatic heterocycles. The lowest BCUT2D eigenvalue weighted by Crippen LogP contribution is -2.55. The lowest BCUT2D eigenvalue weighted by molar-refractivity contribution is -0.134. The number of nitrogens with one attached hydrogen (secondary N) is 2. The van der Waals surface area contributed by atoms with Crippen LogP contribution in [-0.4, -0.2) is 43.5 Å². The number of amides is 3. The summed E-state index contributed by atoms with van der Waals surface area (Å²) >= 11 is 0. The summed E-state index contributed by atoms with van der Waals surface area (Å²) in [5.74, 6) is -2.21. The van der Waals surface area contributed by atoms with Crippen LogP contribution in [0.25, 0.3) is 0 Å². The van der Waals surface area contributed by atoms with Crippen LogP contribution in [0.5, 0.6) is 0 Å². The summed E-state index contributed by atoms with van der Waals surface area (Å²) in [6.45, 7) is 7.52. The molecule has 3 atom stereocenters. The number of primary amides is 1. The predicted octanol–water partition coefficient (Wildman–Crippen LogP) is 1.27. The van der Waals surface area contributed by atoms with Crippen LogP contribution in [0.4, 0.5) is 0 Å². The average Bonchev–Trinajstić information content (AvgIpc) is 2.58. The number of carbonyl (C=O) groups is 3. The maximum Gasteiger partial charge on any atom is 0.243 e. The molecule has 0 aromatic heterocycles. The van der Waals surface area contributed by atoms with Crippen LogP contribution in [-0.2, 0) is 19.1 Å². The van der Waals surface area contributed by atoms with Crippen molar-refractivity contribution in [2.45, 2.75) is 64.5 Å². The summed E-state index contributed by atoms with van der Waals surface area (Å²) in [6.07, 6.45) is 6.94. The van der Waals surface area contributed by atoms with Gasteiger partial charge in [0.2, 0.25) is 17.7 Å². The van der Waals surface area contributed by atoms with E-state index >= 15 is 0 Å². The van der Waals surface area contributed by atoms with Crippen molar-refractivity contribution < 1.29 is 19.1 Å². The van der Waals surface area contributed by atoms with Crippen LogP contribution in [0.1, 0.15) is 52.4 Å². The van der Waals surface area contributed by atoms with Crippen molar-refractivity contribution >= 4 is 17.7 Å². The fraction of sp³-hybridized carbons (Fsp3) is 0.722. The first-order chi connectivity index (χ1) is 11.9. The van der Waals surface area contributed by atoms with Crippen molar-refractivity contribution in [2.75, 3.05) is 13.7 Å². The zero-order valence-corrected chi connectivity index (χ0v) is 15.7. The third kappa shape index (κ3) is 9.86. The molecule has 4 N–H and O–H groups in total. The molecule has 7 nitrogen and oxygen atoms in total. The van der Waals surface area contributed by atoms with E-state index in [9.17, 15) is 14.4 Å². The molecule has 0 rings (SSSR count). The van der Waals surface area contributed by atoms with Crippen molar-refractivity contribution in [3.05, 3.63) is 12.7 Å². The van der Waals surface area contributed by atoms with E-state index in [1.54, 1.807) is 0 Å². The summed E-state index contributed by atoms with van der Waals surface area (Å²) in [4.78, 5) is 36.0. The largest absolute Gasteiger partial charge is 0.382 e. The van der Waals surface area contributed by atoms with E-state index < -0.39 is 29.8 Å². The first-order valence-electron chi connectivity index (χ1n) is 8.87. The first kappa shape index (κ1) is 23.1. The minimum atomic E-state index is -1.01. The average molecular weight is 355 g/mol. The van der Waals surface area contributed by atoms with E-state index in [4.69, 9.17) is 10.5 Å². The molecule has 0 saturated carbocycles. The van der Waals surface area contributed by atoms with Crippen molar-refractivity contribution in [1.29, 1.82) is 0 Å². The van der Waals surface area contributed by atoms with Gasteiger partial charge < -0.3 is 21.1 Å². The van der Waals surface area contributed by atoms with Crippen LogP contribution in [0.15, 0.2) is 12.7 Å². The molecule has 0 aliphatic carbocycles. The van der Waals surface area contributed by atoms with Crippen molar-refractivity contribution in [3.8, 4) is 0 Å². The van der Waals surface area contributed by atoms with E-state index in [0.29, 0.717) is 6.42 Å². The highest BCUT2D eigenvalue weighted by Crippen LogP contribution is 2.08. The summed E-state index contributed by atoms with van der Waals surface area (Å²) < 4.78 is 4.98. The van der Waals surface area contributed by atoms with Crippen LogP contribution < -0.4 is 16.4 Å². The second-order valence-corrected chi connectivity index (χ2v) is 6.21. The Balaban J connectivity index is 4.71. The van der Waals surface area contributed by atoms with Gasteiger partial charge in [0.05, 0.1) is 18.6 Å². The molecule has 0 heterocycles.